The van der Waals surface area contributed by atoms with Crippen LogP contribution in [0.3, 0.4) is 0 Å². The maximum absolute atomic E-state index is 6.13. The first-order chi connectivity index (χ1) is 11.2. The minimum atomic E-state index is 0.515. The van der Waals surface area contributed by atoms with Crippen LogP contribution in [0.4, 0.5) is 17.5 Å². The van der Waals surface area contributed by atoms with Gasteiger partial charge < -0.3 is 10.6 Å². The van der Waals surface area contributed by atoms with Gasteiger partial charge in [0.1, 0.15) is 5.82 Å². The van der Waals surface area contributed by atoms with Crippen LogP contribution in [0.1, 0.15) is 11.3 Å². The molecule has 0 aliphatic carbocycles. The highest BCUT2D eigenvalue weighted by Gasteiger charge is 2.05. The zero-order valence-electron chi connectivity index (χ0n) is 12.6. The summed E-state index contributed by atoms with van der Waals surface area (Å²) in [6, 6.07) is 13.3. The number of aromatic nitrogens is 3. The summed E-state index contributed by atoms with van der Waals surface area (Å²) in [5.41, 5.74) is 2.80. The third kappa shape index (κ3) is 3.96. The van der Waals surface area contributed by atoms with Gasteiger partial charge in [0.25, 0.3) is 0 Å². The van der Waals surface area contributed by atoms with E-state index in [0.29, 0.717) is 17.5 Å². The molecule has 3 rings (SSSR count). The smallest absolute Gasteiger partial charge is 0.229 e. The predicted molar refractivity (Wildman–Crippen MR) is 93.1 cm³/mol. The number of anilines is 3. The van der Waals surface area contributed by atoms with Gasteiger partial charge in [0.2, 0.25) is 5.95 Å². The molecule has 0 fully saturated rings. The third-order valence-electron chi connectivity index (χ3n) is 3.35. The quantitative estimate of drug-likeness (QED) is 0.736. The second-order valence-electron chi connectivity index (χ2n) is 4.98. The second-order valence-corrected chi connectivity index (χ2v) is 5.38. The highest BCUT2D eigenvalue weighted by Crippen LogP contribution is 2.25. The van der Waals surface area contributed by atoms with Crippen LogP contribution in [0.2, 0.25) is 5.02 Å². The van der Waals surface area contributed by atoms with Crippen molar-refractivity contribution in [1.82, 2.24) is 15.0 Å². The largest absolute Gasteiger partial charge is 0.364 e. The van der Waals surface area contributed by atoms with Crippen LogP contribution in [-0.4, -0.2) is 15.0 Å². The van der Waals surface area contributed by atoms with Gasteiger partial charge in [-0.05, 0) is 42.8 Å². The van der Waals surface area contributed by atoms with E-state index in [1.165, 1.54) is 0 Å². The normalized spacial score (nSPS) is 10.3. The molecule has 0 saturated carbocycles. The van der Waals surface area contributed by atoms with Gasteiger partial charge in [0.05, 0.1) is 12.2 Å². The van der Waals surface area contributed by atoms with Gasteiger partial charge in [-0.2, -0.15) is 4.98 Å². The van der Waals surface area contributed by atoms with Crippen LogP contribution in [0, 0.1) is 6.92 Å². The lowest BCUT2D eigenvalue weighted by molar-refractivity contribution is 1.02. The van der Waals surface area contributed by atoms with Crippen LogP contribution in [0.15, 0.2) is 54.9 Å². The van der Waals surface area contributed by atoms with Crippen molar-refractivity contribution >= 4 is 29.1 Å². The molecule has 2 aromatic heterocycles. The molecule has 0 spiro atoms. The van der Waals surface area contributed by atoms with Crippen molar-refractivity contribution in [3.05, 3.63) is 71.1 Å². The van der Waals surface area contributed by atoms with E-state index in [1.807, 2.05) is 49.4 Å². The predicted octanol–water partition coefficient (Wildman–Crippen LogP) is 4.19. The Labute approximate surface area is 139 Å². The summed E-state index contributed by atoms with van der Waals surface area (Å²) in [5.74, 6) is 1.24. The van der Waals surface area contributed by atoms with E-state index in [-0.39, 0.29) is 0 Å². The number of nitrogens with zero attached hydrogens (tertiary/aromatic N) is 3. The van der Waals surface area contributed by atoms with E-state index in [2.05, 4.69) is 25.6 Å². The van der Waals surface area contributed by atoms with Gasteiger partial charge >= 0.3 is 0 Å². The summed E-state index contributed by atoms with van der Waals surface area (Å²) in [4.78, 5) is 13.0. The first-order valence-electron chi connectivity index (χ1n) is 7.21. The molecule has 0 saturated heterocycles. The molecule has 2 heterocycles. The third-order valence-corrected chi connectivity index (χ3v) is 3.76. The fourth-order valence-corrected chi connectivity index (χ4v) is 2.24. The molecule has 3 aromatic rings. The summed E-state index contributed by atoms with van der Waals surface area (Å²) in [5, 5.41) is 7.13. The number of hydrogen-bond donors (Lipinski definition) is 2. The second kappa shape index (κ2) is 7.07. The highest BCUT2D eigenvalue weighted by atomic mass is 35.5. The first kappa shape index (κ1) is 15.2. The maximum Gasteiger partial charge on any atom is 0.229 e. The Morgan fingerprint density at radius 3 is 2.74 bits per heavy atom. The Kier molecular flexibility index (Phi) is 4.68. The average molecular weight is 326 g/mol. The summed E-state index contributed by atoms with van der Waals surface area (Å²) >= 11 is 6.13. The number of hydrogen-bond acceptors (Lipinski definition) is 5. The number of benzene rings is 1. The molecule has 23 heavy (non-hydrogen) atoms. The Hall–Kier alpha value is -2.66. The van der Waals surface area contributed by atoms with Gasteiger partial charge in [-0.3, -0.25) is 4.98 Å². The molecule has 0 atom stereocenters. The van der Waals surface area contributed by atoms with Gasteiger partial charge in [-0.25, -0.2) is 4.98 Å². The van der Waals surface area contributed by atoms with Crippen LogP contribution in [-0.2, 0) is 6.54 Å². The minimum absolute atomic E-state index is 0.515. The zero-order valence-corrected chi connectivity index (χ0v) is 13.4. The summed E-state index contributed by atoms with van der Waals surface area (Å²) in [6.07, 6.45) is 3.47. The molecule has 0 bridgehead atoms. The Morgan fingerprint density at radius 2 is 1.91 bits per heavy atom. The molecular formula is C17H16ClN5. The Balaban J connectivity index is 1.71. The lowest BCUT2D eigenvalue weighted by Crippen LogP contribution is -2.05. The number of rotatable bonds is 5. The van der Waals surface area contributed by atoms with Crippen LogP contribution >= 0.6 is 11.6 Å². The van der Waals surface area contributed by atoms with Crippen molar-refractivity contribution < 1.29 is 0 Å². The fraction of sp³-hybridized carbons (Fsp3) is 0.118. The first-order valence-corrected chi connectivity index (χ1v) is 7.59. The van der Waals surface area contributed by atoms with Crippen molar-refractivity contribution in [2.45, 2.75) is 13.5 Å². The van der Waals surface area contributed by atoms with E-state index in [0.717, 1.165) is 22.8 Å². The summed E-state index contributed by atoms with van der Waals surface area (Å²) in [7, 11) is 0. The zero-order chi connectivity index (χ0) is 16.1. The molecule has 0 unspecified atom stereocenters. The van der Waals surface area contributed by atoms with Crippen LogP contribution in [0.5, 0.6) is 0 Å². The van der Waals surface area contributed by atoms with Gasteiger partial charge in [-0.1, -0.05) is 23.7 Å². The van der Waals surface area contributed by atoms with E-state index < -0.39 is 0 Å². The lowest BCUT2D eigenvalue weighted by atomic mass is 10.2. The monoisotopic (exact) mass is 325 g/mol. The Bertz CT molecular complexity index is 792. The molecule has 6 heteroatoms. The molecule has 1 aromatic carbocycles. The SMILES string of the molecule is Cc1c(Cl)cccc1Nc1nccc(NCc2ccccn2)n1. The lowest BCUT2D eigenvalue weighted by Gasteiger charge is -2.10. The maximum atomic E-state index is 6.13. The van der Waals surface area contributed by atoms with E-state index in [4.69, 9.17) is 11.6 Å². The average Bonchev–Trinajstić information content (AvgIpc) is 2.59. The van der Waals surface area contributed by atoms with Crippen molar-refractivity contribution in [1.29, 1.82) is 0 Å². The van der Waals surface area contributed by atoms with E-state index in [9.17, 15) is 0 Å². The van der Waals surface area contributed by atoms with Crippen molar-refractivity contribution in [3.8, 4) is 0 Å². The molecule has 0 radical (unpaired) electrons. The summed E-state index contributed by atoms with van der Waals surface area (Å²) in [6.45, 7) is 2.56. The van der Waals surface area contributed by atoms with E-state index in [1.54, 1.807) is 12.4 Å². The number of nitrogens with one attached hydrogen (secondary N) is 2. The molecule has 5 nitrogen and oxygen atoms in total. The van der Waals surface area contributed by atoms with Crippen LogP contribution < -0.4 is 10.6 Å². The van der Waals surface area contributed by atoms with E-state index >= 15 is 0 Å². The highest BCUT2D eigenvalue weighted by molar-refractivity contribution is 6.31. The number of pyridine rings is 1. The van der Waals surface area contributed by atoms with Gasteiger partial charge in [0, 0.05) is 23.1 Å². The number of halogens is 1. The van der Waals surface area contributed by atoms with Crippen molar-refractivity contribution in [3.63, 3.8) is 0 Å². The molecule has 0 amide bonds. The van der Waals surface area contributed by atoms with Crippen molar-refractivity contribution in [2.24, 2.45) is 0 Å². The standard InChI is InChI=1S/C17H16ClN5/c1-12-14(18)6-4-7-15(12)22-17-20-10-8-16(23-17)21-11-13-5-2-3-9-19-13/h2-10H,11H2,1H3,(H2,20,21,22,23). The van der Waals surface area contributed by atoms with Crippen molar-refractivity contribution in [2.75, 3.05) is 10.6 Å². The van der Waals surface area contributed by atoms with Gasteiger partial charge in [-0.15, -0.1) is 0 Å². The molecule has 0 aliphatic heterocycles. The molecule has 116 valence electrons. The fourth-order valence-electron chi connectivity index (χ4n) is 2.06. The van der Waals surface area contributed by atoms with Crippen LogP contribution in [0.25, 0.3) is 0 Å². The molecule has 2 N–H and O–H groups in total. The van der Waals surface area contributed by atoms with Gasteiger partial charge in [0.15, 0.2) is 0 Å². The molecular weight excluding hydrogens is 310 g/mol. The summed E-state index contributed by atoms with van der Waals surface area (Å²) < 4.78 is 0. The topological polar surface area (TPSA) is 62.7 Å². The minimum Gasteiger partial charge on any atom is -0.364 e. The Morgan fingerprint density at radius 1 is 1.00 bits per heavy atom. The molecule has 0 aliphatic rings.